The normalized spacial score (nSPS) is 18.8. The maximum atomic E-state index is 8.99. The number of aliphatic hydroxyl groups is 1. The zero-order valence-corrected chi connectivity index (χ0v) is 10.9. The van der Waals surface area contributed by atoms with E-state index >= 15 is 0 Å². The summed E-state index contributed by atoms with van der Waals surface area (Å²) in [6, 6.07) is 7.90. The van der Waals surface area contributed by atoms with Gasteiger partial charge in [-0.2, -0.15) is 0 Å². The fraction of sp³-hybridized carbons (Fsp3) is 0.600. The van der Waals surface area contributed by atoms with Crippen molar-refractivity contribution in [1.82, 2.24) is 0 Å². The average Bonchev–Trinajstić information content (AvgIpc) is 2.47. The molecule has 0 heterocycles. The van der Waals surface area contributed by atoms with Crippen molar-refractivity contribution in [1.29, 1.82) is 0 Å². The number of rotatable bonds is 5. The Hall–Kier alpha value is -0.900. The minimum absolute atomic E-state index is 0.0911. The molecular formula is C15H23NO2. The Morgan fingerprint density at radius 3 is 2.22 bits per heavy atom. The number of hydrogen-bond donors (Lipinski definition) is 2. The van der Waals surface area contributed by atoms with Gasteiger partial charge in [0.05, 0.1) is 18.8 Å². The van der Waals surface area contributed by atoms with Crippen LogP contribution < -0.4 is 5.73 Å². The van der Waals surface area contributed by atoms with E-state index in [1.165, 1.54) is 19.3 Å². The zero-order chi connectivity index (χ0) is 12.8. The van der Waals surface area contributed by atoms with Crippen LogP contribution in [0.2, 0.25) is 0 Å². The average molecular weight is 249 g/mol. The van der Waals surface area contributed by atoms with Crippen LogP contribution >= 0.6 is 0 Å². The third-order valence-electron chi connectivity index (χ3n) is 3.89. The predicted molar refractivity (Wildman–Crippen MR) is 72.0 cm³/mol. The van der Waals surface area contributed by atoms with Gasteiger partial charge in [0.25, 0.3) is 0 Å². The van der Waals surface area contributed by atoms with Crippen LogP contribution in [0.25, 0.3) is 0 Å². The van der Waals surface area contributed by atoms with Crippen molar-refractivity contribution in [3.63, 3.8) is 0 Å². The molecule has 3 nitrogen and oxygen atoms in total. The Morgan fingerprint density at radius 1 is 1.06 bits per heavy atom. The molecule has 18 heavy (non-hydrogen) atoms. The van der Waals surface area contributed by atoms with Gasteiger partial charge in [-0.15, -0.1) is 0 Å². The van der Waals surface area contributed by atoms with Gasteiger partial charge < -0.3 is 15.6 Å². The minimum Gasteiger partial charge on any atom is -0.392 e. The second-order valence-electron chi connectivity index (χ2n) is 5.21. The largest absolute Gasteiger partial charge is 0.392 e. The van der Waals surface area contributed by atoms with E-state index in [1.54, 1.807) is 0 Å². The summed E-state index contributed by atoms with van der Waals surface area (Å²) >= 11 is 0. The van der Waals surface area contributed by atoms with Gasteiger partial charge in [0, 0.05) is 6.54 Å². The highest BCUT2D eigenvalue weighted by atomic mass is 16.5. The molecule has 0 spiro atoms. The Bertz CT molecular complexity index is 355. The van der Waals surface area contributed by atoms with E-state index in [0.29, 0.717) is 13.2 Å². The standard InChI is InChI=1S/C15H23NO2/c16-12-15(8-2-1-3-9-15)18-11-14-6-4-13(10-17)5-7-14/h4-7,17H,1-3,8-12,16H2. The van der Waals surface area contributed by atoms with Gasteiger partial charge in [0.15, 0.2) is 0 Å². The molecule has 1 fully saturated rings. The number of aliphatic hydroxyl groups excluding tert-OH is 1. The molecule has 2 rings (SSSR count). The highest BCUT2D eigenvalue weighted by molar-refractivity contribution is 5.21. The maximum absolute atomic E-state index is 8.99. The van der Waals surface area contributed by atoms with Gasteiger partial charge in [-0.1, -0.05) is 43.5 Å². The molecular weight excluding hydrogens is 226 g/mol. The summed E-state index contributed by atoms with van der Waals surface area (Å²) < 4.78 is 6.09. The lowest BCUT2D eigenvalue weighted by Crippen LogP contribution is -2.42. The van der Waals surface area contributed by atoms with Crippen molar-refractivity contribution in [2.24, 2.45) is 5.73 Å². The SMILES string of the molecule is NCC1(OCc2ccc(CO)cc2)CCCCC1. The number of nitrogens with two attached hydrogens (primary N) is 1. The van der Waals surface area contributed by atoms with Gasteiger partial charge in [0.2, 0.25) is 0 Å². The Morgan fingerprint density at radius 2 is 1.67 bits per heavy atom. The van der Waals surface area contributed by atoms with E-state index in [1.807, 2.05) is 24.3 Å². The van der Waals surface area contributed by atoms with Gasteiger partial charge in [-0.3, -0.25) is 0 Å². The molecule has 0 saturated heterocycles. The molecule has 0 unspecified atom stereocenters. The molecule has 3 heteroatoms. The number of hydrogen-bond acceptors (Lipinski definition) is 3. The van der Waals surface area contributed by atoms with Crippen LogP contribution in [0.3, 0.4) is 0 Å². The molecule has 0 aliphatic heterocycles. The van der Waals surface area contributed by atoms with E-state index in [-0.39, 0.29) is 12.2 Å². The molecule has 100 valence electrons. The first-order valence-electron chi connectivity index (χ1n) is 6.81. The van der Waals surface area contributed by atoms with E-state index < -0.39 is 0 Å². The summed E-state index contributed by atoms with van der Waals surface area (Å²) in [5.41, 5.74) is 7.87. The fourth-order valence-corrected chi connectivity index (χ4v) is 2.58. The summed E-state index contributed by atoms with van der Waals surface area (Å²) in [6.07, 6.45) is 5.91. The summed E-state index contributed by atoms with van der Waals surface area (Å²) in [7, 11) is 0. The molecule has 1 saturated carbocycles. The molecule has 1 aromatic rings. The fourth-order valence-electron chi connectivity index (χ4n) is 2.58. The van der Waals surface area contributed by atoms with Crippen molar-refractivity contribution in [3.8, 4) is 0 Å². The van der Waals surface area contributed by atoms with Crippen molar-refractivity contribution >= 4 is 0 Å². The zero-order valence-electron chi connectivity index (χ0n) is 10.9. The first-order valence-corrected chi connectivity index (χ1v) is 6.81. The van der Waals surface area contributed by atoms with Crippen LogP contribution in [0.1, 0.15) is 43.2 Å². The summed E-state index contributed by atoms with van der Waals surface area (Å²) in [5.74, 6) is 0. The Balaban J connectivity index is 1.92. The first kappa shape index (κ1) is 13.5. The second kappa shape index (κ2) is 6.32. The molecule has 0 bridgehead atoms. The number of benzene rings is 1. The summed E-state index contributed by atoms with van der Waals surface area (Å²) in [4.78, 5) is 0. The minimum atomic E-state index is -0.103. The molecule has 1 aromatic carbocycles. The van der Waals surface area contributed by atoms with Gasteiger partial charge in [-0.05, 0) is 24.0 Å². The van der Waals surface area contributed by atoms with Crippen molar-refractivity contribution in [2.45, 2.75) is 50.9 Å². The topological polar surface area (TPSA) is 55.5 Å². The first-order chi connectivity index (χ1) is 8.78. The lowest BCUT2D eigenvalue weighted by molar-refractivity contribution is -0.0733. The Labute approximate surface area is 109 Å². The number of ether oxygens (including phenoxy) is 1. The molecule has 0 atom stereocenters. The highest BCUT2D eigenvalue weighted by Gasteiger charge is 2.31. The third-order valence-corrected chi connectivity index (χ3v) is 3.89. The van der Waals surface area contributed by atoms with Gasteiger partial charge in [0.1, 0.15) is 0 Å². The van der Waals surface area contributed by atoms with Crippen LogP contribution in [0.5, 0.6) is 0 Å². The van der Waals surface area contributed by atoms with Crippen LogP contribution in [0, 0.1) is 0 Å². The van der Waals surface area contributed by atoms with Crippen LogP contribution in [0.15, 0.2) is 24.3 Å². The van der Waals surface area contributed by atoms with E-state index in [0.717, 1.165) is 24.0 Å². The van der Waals surface area contributed by atoms with Crippen molar-refractivity contribution in [3.05, 3.63) is 35.4 Å². The molecule has 0 radical (unpaired) electrons. The smallest absolute Gasteiger partial charge is 0.0808 e. The van der Waals surface area contributed by atoms with E-state index in [9.17, 15) is 0 Å². The van der Waals surface area contributed by atoms with Crippen molar-refractivity contribution in [2.75, 3.05) is 6.54 Å². The molecule has 1 aliphatic rings. The highest BCUT2D eigenvalue weighted by Crippen LogP contribution is 2.31. The van der Waals surface area contributed by atoms with E-state index in [2.05, 4.69) is 0 Å². The third kappa shape index (κ3) is 3.31. The maximum Gasteiger partial charge on any atom is 0.0808 e. The quantitative estimate of drug-likeness (QED) is 0.842. The monoisotopic (exact) mass is 249 g/mol. The molecule has 0 aromatic heterocycles. The molecule has 1 aliphatic carbocycles. The lowest BCUT2D eigenvalue weighted by atomic mass is 9.84. The summed E-state index contributed by atoms with van der Waals surface area (Å²) in [6.45, 7) is 1.32. The lowest BCUT2D eigenvalue weighted by Gasteiger charge is -2.36. The van der Waals surface area contributed by atoms with Gasteiger partial charge >= 0.3 is 0 Å². The van der Waals surface area contributed by atoms with E-state index in [4.69, 9.17) is 15.6 Å². The molecule has 3 N–H and O–H groups in total. The second-order valence-corrected chi connectivity index (χ2v) is 5.21. The van der Waals surface area contributed by atoms with Gasteiger partial charge in [-0.25, -0.2) is 0 Å². The molecule has 0 amide bonds. The Kier molecular flexibility index (Phi) is 4.75. The van der Waals surface area contributed by atoms with Crippen LogP contribution in [-0.2, 0) is 18.0 Å². The van der Waals surface area contributed by atoms with Crippen LogP contribution in [0.4, 0.5) is 0 Å². The summed E-state index contributed by atoms with van der Waals surface area (Å²) in [5, 5.41) is 8.99. The predicted octanol–water partition coefficient (Wildman–Crippen LogP) is 2.36. The van der Waals surface area contributed by atoms with Crippen molar-refractivity contribution < 1.29 is 9.84 Å². The van der Waals surface area contributed by atoms with Crippen LogP contribution in [-0.4, -0.2) is 17.3 Å².